The van der Waals surface area contributed by atoms with Crippen LogP contribution in [0.5, 0.6) is 0 Å². The molecular weight excluding hydrogens is 218 g/mol. The molecule has 0 spiro atoms. The van der Waals surface area contributed by atoms with Crippen LogP contribution in [0.15, 0.2) is 24.4 Å². The van der Waals surface area contributed by atoms with Crippen LogP contribution in [0.25, 0.3) is 0 Å². The van der Waals surface area contributed by atoms with E-state index < -0.39 is 6.04 Å². The highest BCUT2D eigenvalue weighted by atomic mass is 16.2. The summed E-state index contributed by atoms with van der Waals surface area (Å²) >= 11 is 0. The van der Waals surface area contributed by atoms with Gasteiger partial charge in [-0.1, -0.05) is 6.07 Å². The van der Waals surface area contributed by atoms with Gasteiger partial charge >= 0.3 is 0 Å². The SMILES string of the molecule is CC1NC(=O)CN(CCc2ccccn2)C1=O. The minimum absolute atomic E-state index is 0.0273. The van der Waals surface area contributed by atoms with E-state index in [4.69, 9.17) is 0 Å². The summed E-state index contributed by atoms with van der Waals surface area (Å²) in [5, 5.41) is 2.61. The molecule has 0 aromatic carbocycles. The summed E-state index contributed by atoms with van der Waals surface area (Å²) in [6.07, 6.45) is 2.40. The highest BCUT2D eigenvalue weighted by Gasteiger charge is 2.28. The fourth-order valence-electron chi connectivity index (χ4n) is 1.86. The minimum atomic E-state index is -0.417. The monoisotopic (exact) mass is 233 g/mol. The first-order chi connectivity index (χ1) is 8.16. The largest absolute Gasteiger partial charge is 0.343 e. The van der Waals surface area contributed by atoms with E-state index in [1.807, 2.05) is 18.2 Å². The van der Waals surface area contributed by atoms with Crippen LogP contribution in [0.1, 0.15) is 12.6 Å². The number of hydrogen-bond acceptors (Lipinski definition) is 3. The normalized spacial score (nSPS) is 20.3. The maximum Gasteiger partial charge on any atom is 0.245 e. The fourth-order valence-corrected chi connectivity index (χ4v) is 1.86. The van der Waals surface area contributed by atoms with Crippen molar-refractivity contribution in [2.24, 2.45) is 0 Å². The van der Waals surface area contributed by atoms with Gasteiger partial charge in [-0.05, 0) is 19.1 Å². The number of nitrogens with zero attached hydrogens (tertiary/aromatic N) is 2. The van der Waals surface area contributed by atoms with E-state index in [2.05, 4.69) is 10.3 Å². The summed E-state index contributed by atoms with van der Waals surface area (Å²) in [7, 11) is 0. The Morgan fingerprint density at radius 1 is 1.47 bits per heavy atom. The molecule has 2 heterocycles. The molecule has 0 bridgehead atoms. The van der Waals surface area contributed by atoms with Crippen molar-refractivity contribution >= 4 is 11.8 Å². The minimum Gasteiger partial charge on any atom is -0.343 e. The van der Waals surface area contributed by atoms with Crippen LogP contribution >= 0.6 is 0 Å². The summed E-state index contributed by atoms with van der Waals surface area (Å²) in [6, 6.07) is 5.26. The lowest BCUT2D eigenvalue weighted by Gasteiger charge is -2.30. The molecular formula is C12H15N3O2. The van der Waals surface area contributed by atoms with Gasteiger partial charge in [0, 0.05) is 24.9 Å². The molecule has 2 rings (SSSR count). The van der Waals surface area contributed by atoms with Crippen LogP contribution in [0.2, 0.25) is 0 Å². The molecule has 1 unspecified atom stereocenters. The van der Waals surface area contributed by atoms with Gasteiger partial charge in [-0.15, -0.1) is 0 Å². The first-order valence-corrected chi connectivity index (χ1v) is 5.65. The number of piperazine rings is 1. The Hall–Kier alpha value is -1.91. The second-order valence-electron chi connectivity index (χ2n) is 4.12. The van der Waals surface area contributed by atoms with E-state index in [1.54, 1.807) is 18.0 Å². The third kappa shape index (κ3) is 2.81. The van der Waals surface area contributed by atoms with E-state index >= 15 is 0 Å². The number of aromatic nitrogens is 1. The van der Waals surface area contributed by atoms with Gasteiger partial charge in [-0.2, -0.15) is 0 Å². The Morgan fingerprint density at radius 2 is 2.29 bits per heavy atom. The Morgan fingerprint density at radius 3 is 3.00 bits per heavy atom. The van der Waals surface area contributed by atoms with E-state index in [-0.39, 0.29) is 18.4 Å². The van der Waals surface area contributed by atoms with Gasteiger partial charge in [0.1, 0.15) is 6.04 Å². The Bertz CT molecular complexity index is 419. The van der Waals surface area contributed by atoms with Crippen LogP contribution in [0, 0.1) is 0 Å². The number of nitrogens with one attached hydrogen (secondary N) is 1. The topological polar surface area (TPSA) is 62.3 Å². The second-order valence-corrected chi connectivity index (χ2v) is 4.12. The average Bonchev–Trinajstić information content (AvgIpc) is 2.33. The van der Waals surface area contributed by atoms with Gasteiger partial charge in [0.25, 0.3) is 0 Å². The Balaban J connectivity index is 1.94. The summed E-state index contributed by atoms with van der Waals surface area (Å²) in [6.45, 7) is 2.39. The van der Waals surface area contributed by atoms with Crippen molar-refractivity contribution in [2.75, 3.05) is 13.1 Å². The molecule has 0 saturated carbocycles. The van der Waals surface area contributed by atoms with Crippen LogP contribution in [-0.2, 0) is 16.0 Å². The fraction of sp³-hybridized carbons (Fsp3) is 0.417. The summed E-state index contributed by atoms with van der Waals surface area (Å²) < 4.78 is 0. The molecule has 1 fully saturated rings. The number of pyridine rings is 1. The molecule has 1 atom stereocenters. The van der Waals surface area contributed by atoms with Gasteiger partial charge in [0.2, 0.25) is 11.8 Å². The van der Waals surface area contributed by atoms with E-state index in [0.717, 1.165) is 5.69 Å². The van der Waals surface area contributed by atoms with Crippen molar-refractivity contribution in [3.05, 3.63) is 30.1 Å². The number of carbonyl (C=O) groups is 2. The standard InChI is InChI=1S/C12H15N3O2/c1-9-12(17)15(8-11(16)14-9)7-5-10-4-2-3-6-13-10/h2-4,6,9H,5,7-8H2,1H3,(H,14,16). The molecule has 5 nitrogen and oxygen atoms in total. The first kappa shape index (κ1) is 11.6. The highest BCUT2D eigenvalue weighted by Crippen LogP contribution is 2.04. The zero-order valence-electron chi connectivity index (χ0n) is 9.72. The molecule has 1 N–H and O–H groups in total. The average molecular weight is 233 g/mol. The van der Waals surface area contributed by atoms with E-state index in [0.29, 0.717) is 13.0 Å². The van der Waals surface area contributed by atoms with Crippen molar-refractivity contribution in [1.82, 2.24) is 15.2 Å². The second kappa shape index (κ2) is 4.95. The van der Waals surface area contributed by atoms with Gasteiger partial charge in [0.05, 0.1) is 6.54 Å². The maximum absolute atomic E-state index is 11.8. The summed E-state index contributed by atoms with van der Waals surface area (Å²) in [5.41, 5.74) is 0.930. The number of carbonyl (C=O) groups excluding carboxylic acids is 2. The number of hydrogen-bond donors (Lipinski definition) is 1. The van der Waals surface area contributed by atoms with Crippen LogP contribution in [0.3, 0.4) is 0 Å². The predicted octanol–water partition coefficient (Wildman–Crippen LogP) is -0.0290. The van der Waals surface area contributed by atoms with Crippen LogP contribution in [-0.4, -0.2) is 40.8 Å². The van der Waals surface area contributed by atoms with Crippen molar-refractivity contribution in [3.8, 4) is 0 Å². The molecule has 1 aromatic rings. The molecule has 1 aliphatic heterocycles. The van der Waals surface area contributed by atoms with Gasteiger partial charge in [0.15, 0.2) is 0 Å². The van der Waals surface area contributed by atoms with Gasteiger partial charge in [-0.3, -0.25) is 14.6 Å². The molecule has 1 aromatic heterocycles. The Labute approximate surface area is 99.8 Å². The molecule has 1 saturated heterocycles. The molecule has 0 radical (unpaired) electrons. The quantitative estimate of drug-likeness (QED) is 0.797. The molecule has 90 valence electrons. The zero-order valence-corrected chi connectivity index (χ0v) is 9.72. The Kier molecular flexibility index (Phi) is 3.37. The van der Waals surface area contributed by atoms with Crippen LogP contribution in [0.4, 0.5) is 0 Å². The molecule has 1 aliphatic rings. The first-order valence-electron chi connectivity index (χ1n) is 5.65. The predicted molar refractivity (Wildman–Crippen MR) is 62.1 cm³/mol. The molecule has 17 heavy (non-hydrogen) atoms. The third-order valence-electron chi connectivity index (χ3n) is 2.76. The zero-order chi connectivity index (χ0) is 12.3. The molecule has 0 aliphatic carbocycles. The van der Waals surface area contributed by atoms with Gasteiger partial charge in [-0.25, -0.2) is 0 Å². The van der Waals surface area contributed by atoms with E-state index in [1.165, 1.54) is 0 Å². The lowest BCUT2D eigenvalue weighted by atomic mass is 10.2. The van der Waals surface area contributed by atoms with Crippen molar-refractivity contribution in [1.29, 1.82) is 0 Å². The summed E-state index contributed by atoms with van der Waals surface area (Å²) in [5.74, 6) is -0.126. The van der Waals surface area contributed by atoms with Crippen molar-refractivity contribution < 1.29 is 9.59 Å². The molecule has 5 heteroatoms. The third-order valence-corrected chi connectivity index (χ3v) is 2.76. The number of rotatable bonds is 3. The lowest BCUT2D eigenvalue weighted by Crippen LogP contribution is -2.57. The highest BCUT2D eigenvalue weighted by molar-refractivity contribution is 5.94. The maximum atomic E-state index is 11.8. The summed E-state index contributed by atoms with van der Waals surface area (Å²) in [4.78, 5) is 28.9. The van der Waals surface area contributed by atoms with Crippen molar-refractivity contribution in [2.45, 2.75) is 19.4 Å². The van der Waals surface area contributed by atoms with Gasteiger partial charge < -0.3 is 10.2 Å². The lowest BCUT2D eigenvalue weighted by molar-refractivity contribution is -0.143. The van der Waals surface area contributed by atoms with Crippen LogP contribution < -0.4 is 5.32 Å². The number of amides is 2. The smallest absolute Gasteiger partial charge is 0.245 e. The molecule has 2 amide bonds. The van der Waals surface area contributed by atoms with E-state index in [9.17, 15) is 9.59 Å². The van der Waals surface area contributed by atoms with Crippen molar-refractivity contribution in [3.63, 3.8) is 0 Å².